The van der Waals surface area contributed by atoms with Gasteiger partial charge in [0.25, 0.3) is 0 Å². The van der Waals surface area contributed by atoms with Gasteiger partial charge in [0.15, 0.2) is 0 Å². The fraction of sp³-hybridized carbons (Fsp3) is 0. The molecule has 37 heavy (non-hydrogen) atoms. The molecule has 0 aliphatic heterocycles. The summed E-state index contributed by atoms with van der Waals surface area (Å²) in [5, 5.41) is -1.02. The van der Waals surface area contributed by atoms with Crippen molar-refractivity contribution in [2.45, 2.75) is 0 Å². The Labute approximate surface area is 239 Å². The van der Waals surface area contributed by atoms with Crippen LogP contribution in [0.2, 0.25) is 0 Å². The van der Waals surface area contributed by atoms with Gasteiger partial charge in [-0.3, -0.25) is 0 Å². The molecule has 0 saturated heterocycles. The van der Waals surface area contributed by atoms with Crippen molar-refractivity contribution >= 4 is 54.3 Å². The Balaban J connectivity index is 1.68. The molecular weight excluding hydrogens is 448 g/mol. The van der Waals surface area contributed by atoms with Crippen molar-refractivity contribution in [2.75, 3.05) is 0 Å². The molecule has 0 atom stereocenters. The summed E-state index contributed by atoms with van der Waals surface area (Å²) in [6.45, 7) is 0. The van der Waals surface area contributed by atoms with Crippen molar-refractivity contribution in [1.82, 2.24) is 0 Å². The number of hydrogen-bond donors (Lipinski definition) is 0. The molecule has 0 amide bonds. The van der Waals surface area contributed by atoms with Crippen molar-refractivity contribution in [3.8, 4) is 22.3 Å². The second kappa shape index (κ2) is 7.81. The fourth-order valence-corrected chi connectivity index (χ4v) is 4.83. The van der Waals surface area contributed by atoms with Gasteiger partial charge in [0.05, 0.1) is 24.7 Å². The van der Waals surface area contributed by atoms with E-state index in [9.17, 15) is 2.74 Å². The minimum Gasteiger partial charge on any atom is -0.455 e. The maximum absolute atomic E-state index is 9.33. The molecular formula is C36H22O. The van der Waals surface area contributed by atoms with Crippen molar-refractivity contribution in [3.63, 3.8) is 0 Å². The first-order valence-corrected chi connectivity index (χ1v) is 11.2. The highest BCUT2D eigenvalue weighted by molar-refractivity contribution is 6.24. The molecule has 1 heterocycles. The summed E-state index contributed by atoms with van der Waals surface area (Å²) in [5.41, 5.74) is -1.24. The first-order chi connectivity index (χ1) is 25.8. The van der Waals surface area contributed by atoms with Gasteiger partial charge < -0.3 is 4.42 Å². The Morgan fingerprint density at radius 2 is 1.08 bits per heavy atom. The summed E-state index contributed by atoms with van der Waals surface area (Å²) in [6, 6.07) is -5.09. The molecule has 0 N–H and O–H groups in total. The maximum Gasteiger partial charge on any atom is 0.143 e. The monoisotopic (exact) mass is 488 g/mol. The minimum atomic E-state index is -0.678. The molecule has 0 bridgehead atoms. The fourth-order valence-electron chi connectivity index (χ4n) is 4.83. The standard InChI is InChI=1S/C36H22O/c1-2-11-24-22-25(21-20-23(24)10-1)34-27-13-3-5-15-29(27)35(30-16-6-4-14-28(30)34)32-18-9-17-31-26-12-7-8-19-33(26)37-36(31)32/h1-22H/i1D,2D,3D,4D,5D,6D,7D,8D,9D,10D,11D,12D,17D,18D,19D,20D,21D,22D. The van der Waals surface area contributed by atoms with E-state index in [0.717, 1.165) is 0 Å². The van der Waals surface area contributed by atoms with E-state index < -0.39 is 84.6 Å². The van der Waals surface area contributed by atoms with Crippen LogP contribution in [0.25, 0.3) is 76.5 Å². The van der Waals surface area contributed by atoms with Crippen LogP contribution >= 0.6 is 0 Å². The van der Waals surface area contributed by atoms with Gasteiger partial charge in [-0.15, -0.1) is 0 Å². The molecule has 0 unspecified atom stereocenters. The first kappa shape index (κ1) is 9.53. The molecule has 8 rings (SSSR count). The van der Waals surface area contributed by atoms with Crippen LogP contribution < -0.4 is 0 Å². The molecule has 0 fully saturated rings. The Kier molecular flexibility index (Phi) is 2.01. The summed E-state index contributed by atoms with van der Waals surface area (Å²) < 4.78 is 162. The molecule has 7 aromatic carbocycles. The van der Waals surface area contributed by atoms with E-state index >= 15 is 0 Å². The topological polar surface area (TPSA) is 13.1 Å². The number of para-hydroxylation sites is 2. The Bertz CT molecular complexity index is 3060. The molecule has 0 aliphatic rings. The third-order valence-corrected chi connectivity index (χ3v) is 6.38. The van der Waals surface area contributed by atoms with Crippen molar-refractivity contribution < 1.29 is 29.1 Å². The minimum absolute atomic E-state index is 0.0135. The van der Waals surface area contributed by atoms with Gasteiger partial charge >= 0.3 is 0 Å². The Hall–Kier alpha value is -4.88. The van der Waals surface area contributed by atoms with Crippen LogP contribution in [0.5, 0.6) is 0 Å². The van der Waals surface area contributed by atoms with Gasteiger partial charge in [-0.05, 0) is 55.5 Å². The zero-order chi connectivity index (χ0) is 40.0. The van der Waals surface area contributed by atoms with Gasteiger partial charge in [-0.25, -0.2) is 0 Å². The normalized spacial score (nSPS) is 18.6. The third-order valence-electron chi connectivity index (χ3n) is 6.38. The molecule has 0 aliphatic carbocycles. The van der Waals surface area contributed by atoms with Crippen LogP contribution in [0, 0.1) is 0 Å². The number of hydrogen-bond acceptors (Lipinski definition) is 1. The molecule has 172 valence electrons. The molecule has 0 saturated carbocycles. The van der Waals surface area contributed by atoms with Gasteiger partial charge in [0.1, 0.15) is 11.2 Å². The van der Waals surface area contributed by atoms with E-state index in [1.54, 1.807) is 0 Å². The lowest BCUT2D eigenvalue weighted by Crippen LogP contribution is -1.91. The first-order valence-electron chi connectivity index (χ1n) is 20.2. The highest BCUT2D eigenvalue weighted by atomic mass is 16.3. The lowest BCUT2D eigenvalue weighted by molar-refractivity contribution is 0.670. The summed E-state index contributed by atoms with van der Waals surface area (Å²) in [6.07, 6.45) is 0. The van der Waals surface area contributed by atoms with Crippen LogP contribution in [0.4, 0.5) is 0 Å². The molecule has 0 radical (unpaired) electrons. The van der Waals surface area contributed by atoms with Crippen LogP contribution in [0.15, 0.2) is 137 Å². The summed E-state index contributed by atoms with van der Waals surface area (Å²) in [4.78, 5) is 0. The summed E-state index contributed by atoms with van der Waals surface area (Å²) >= 11 is 0. The van der Waals surface area contributed by atoms with Crippen LogP contribution in [0.3, 0.4) is 0 Å². The van der Waals surface area contributed by atoms with Gasteiger partial charge in [0.2, 0.25) is 0 Å². The van der Waals surface area contributed by atoms with E-state index in [1.165, 1.54) is 24.3 Å². The predicted octanol–water partition coefficient (Wildman–Crippen LogP) is 10.4. The number of furan rings is 1. The smallest absolute Gasteiger partial charge is 0.143 e. The lowest BCUT2D eigenvalue weighted by Gasteiger charge is -2.18. The zero-order valence-corrected chi connectivity index (χ0v) is 18.7. The molecule has 1 nitrogen and oxygen atoms in total. The number of fused-ring (bicyclic) bond motifs is 6. The predicted molar refractivity (Wildman–Crippen MR) is 157 cm³/mol. The third kappa shape index (κ3) is 2.98. The van der Waals surface area contributed by atoms with Gasteiger partial charge in [0, 0.05) is 21.9 Å². The highest BCUT2D eigenvalue weighted by Crippen LogP contribution is 2.46. The molecule has 1 heteroatoms. The van der Waals surface area contributed by atoms with Crippen molar-refractivity contribution in [3.05, 3.63) is 133 Å². The average molecular weight is 489 g/mol. The second-order valence-electron chi connectivity index (χ2n) is 8.32. The largest absolute Gasteiger partial charge is 0.455 e. The molecule has 0 spiro atoms. The van der Waals surface area contributed by atoms with Gasteiger partial charge in [-0.2, -0.15) is 0 Å². The van der Waals surface area contributed by atoms with E-state index in [0.29, 0.717) is 0 Å². The molecule has 1 aromatic heterocycles. The zero-order valence-electron chi connectivity index (χ0n) is 36.7. The van der Waals surface area contributed by atoms with E-state index in [4.69, 9.17) is 26.3 Å². The van der Waals surface area contributed by atoms with Crippen LogP contribution in [-0.2, 0) is 0 Å². The second-order valence-corrected chi connectivity index (χ2v) is 8.32. The highest BCUT2D eigenvalue weighted by Gasteiger charge is 2.20. The summed E-state index contributed by atoms with van der Waals surface area (Å²) in [5.74, 6) is 0. The Morgan fingerprint density at radius 1 is 0.459 bits per heavy atom. The Morgan fingerprint density at radius 3 is 1.84 bits per heavy atom. The van der Waals surface area contributed by atoms with E-state index in [-0.39, 0.29) is 101 Å². The number of benzene rings is 7. The maximum atomic E-state index is 9.33. The summed E-state index contributed by atoms with van der Waals surface area (Å²) in [7, 11) is 0. The van der Waals surface area contributed by atoms with Crippen molar-refractivity contribution in [2.24, 2.45) is 0 Å². The molecule has 8 aromatic rings. The SMILES string of the molecule is [2H]c1cc2c(-c3c([2H])c([2H])c4c([2H])c([2H])c([2H])c([2H])c4c3[2H])c3cc([2H])c([2H])cc3c(-c3c([2H])c([2H])c([2H])c4c3oc3c([2H])c([2H])c([2H])c([2H])c34)c2cc1[2H]. The van der Waals surface area contributed by atoms with Crippen LogP contribution in [0.1, 0.15) is 24.7 Å². The van der Waals surface area contributed by atoms with Crippen molar-refractivity contribution in [1.29, 1.82) is 0 Å². The van der Waals surface area contributed by atoms with Gasteiger partial charge in [-0.1, -0.05) is 121 Å². The number of rotatable bonds is 2. The van der Waals surface area contributed by atoms with E-state index in [1.807, 2.05) is 0 Å². The van der Waals surface area contributed by atoms with E-state index in [2.05, 4.69) is 0 Å². The average Bonchev–Trinajstić information content (AvgIpc) is 3.55. The van der Waals surface area contributed by atoms with Crippen LogP contribution in [-0.4, -0.2) is 0 Å². The lowest BCUT2D eigenvalue weighted by atomic mass is 9.85. The quantitative estimate of drug-likeness (QED) is 0.221.